The molecule has 0 atom stereocenters. The summed E-state index contributed by atoms with van der Waals surface area (Å²) in [6.45, 7) is 5.98. The molecule has 1 aliphatic rings. The molecular weight excluding hydrogens is 262 g/mol. The number of nitrogens with zero attached hydrogens (tertiary/aromatic N) is 1. The largest absolute Gasteiger partial charge is 0.507 e. The number of benzene rings is 1. The minimum absolute atomic E-state index is 0.0404. The zero-order chi connectivity index (χ0) is 14.0. The molecule has 0 unspecified atom stereocenters. The maximum Gasteiger partial charge on any atom is 0.257 e. The average Bonchev–Trinajstić information content (AvgIpc) is 2.39. The van der Waals surface area contributed by atoms with Crippen LogP contribution in [0.2, 0.25) is 5.02 Å². The zero-order valence-electron chi connectivity index (χ0n) is 11.4. The Morgan fingerprint density at radius 1 is 1.42 bits per heavy atom. The van der Waals surface area contributed by atoms with Crippen LogP contribution in [0.4, 0.5) is 0 Å². The molecule has 0 saturated carbocycles. The molecule has 1 amide bonds. The van der Waals surface area contributed by atoms with Crippen LogP contribution < -0.4 is 0 Å². The summed E-state index contributed by atoms with van der Waals surface area (Å²) in [5.74, 6) is -0.145. The third kappa shape index (κ3) is 3.03. The standard InChI is InChI=1S/C15H20ClNO2/c1-3-15(2)6-8-17(9-7-15)14(19)12-5-4-11(16)10-13(12)18/h4-5,10,18H,3,6-9H2,1-2H3. The molecule has 4 heteroatoms. The van der Waals surface area contributed by atoms with Gasteiger partial charge >= 0.3 is 0 Å². The number of carbonyl (C=O) groups excluding carboxylic acids is 1. The highest BCUT2D eigenvalue weighted by molar-refractivity contribution is 6.30. The van der Waals surface area contributed by atoms with E-state index in [1.165, 1.54) is 6.07 Å². The molecule has 2 rings (SSSR count). The van der Waals surface area contributed by atoms with Gasteiger partial charge in [-0.2, -0.15) is 0 Å². The van der Waals surface area contributed by atoms with Crippen molar-refractivity contribution in [2.75, 3.05) is 13.1 Å². The Morgan fingerprint density at radius 2 is 2.05 bits per heavy atom. The summed E-state index contributed by atoms with van der Waals surface area (Å²) in [5, 5.41) is 10.2. The van der Waals surface area contributed by atoms with Crippen LogP contribution in [0, 0.1) is 5.41 Å². The number of phenols is 1. The lowest BCUT2D eigenvalue weighted by atomic mass is 9.78. The Kier molecular flexibility index (Phi) is 4.04. The van der Waals surface area contributed by atoms with E-state index in [0.29, 0.717) is 16.0 Å². The molecule has 1 fully saturated rings. The number of hydrogen-bond donors (Lipinski definition) is 1. The van der Waals surface area contributed by atoms with Crippen molar-refractivity contribution in [3.8, 4) is 5.75 Å². The normalized spacial score (nSPS) is 18.4. The molecule has 1 N–H and O–H groups in total. The van der Waals surface area contributed by atoms with Crippen LogP contribution >= 0.6 is 11.6 Å². The fraction of sp³-hybridized carbons (Fsp3) is 0.533. The maximum atomic E-state index is 12.4. The van der Waals surface area contributed by atoms with Gasteiger partial charge in [-0.25, -0.2) is 0 Å². The molecular formula is C15H20ClNO2. The van der Waals surface area contributed by atoms with E-state index in [1.54, 1.807) is 12.1 Å². The highest BCUT2D eigenvalue weighted by atomic mass is 35.5. The third-order valence-electron chi connectivity index (χ3n) is 4.30. The van der Waals surface area contributed by atoms with Gasteiger partial charge in [-0.3, -0.25) is 4.79 Å². The van der Waals surface area contributed by atoms with Gasteiger partial charge in [-0.05, 0) is 36.5 Å². The van der Waals surface area contributed by atoms with E-state index in [1.807, 2.05) is 4.90 Å². The van der Waals surface area contributed by atoms with E-state index < -0.39 is 0 Å². The van der Waals surface area contributed by atoms with Crippen molar-refractivity contribution in [1.82, 2.24) is 4.90 Å². The summed E-state index contributed by atoms with van der Waals surface area (Å²) in [4.78, 5) is 14.2. The quantitative estimate of drug-likeness (QED) is 0.898. The number of amides is 1. The van der Waals surface area contributed by atoms with Crippen LogP contribution in [-0.4, -0.2) is 29.0 Å². The van der Waals surface area contributed by atoms with Crippen molar-refractivity contribution in [2.24, 2.45) is 5.41 Å². The fourth-order valence-corrected chi connectivity index (χ4v) is 2.63. The first-order valence-electron chi connectivity index (χ1n) is 6.73. The Hall–Kier alpha value is -1.22. The monoisotopic (exact) mass is 281 g/mol. The van der Waals surface area contributed by atoms with Crippen molar-refractivity contribution in [1.29, 1.82) is 0 Å². The second-order valence-electron chi connectivity index (χ2n) is 5.62. The number of phenolic OH excluding ortho intramolecular Hbond substituents is 1. The second-order valence-corrected chi connectivity index (χ2v) is 6.05. The van der Waals surface area contributed by atoms with Gasteiger partial charge in [0.25, 0.3) is 5.91 Å². The van der Waals surface area contributed by atoms with E-state index in [2.05, 4.69) is 13.8 Å². The van der Waals surface area contributed by atoms with Crippen LogP contribution in [-0.2, 0) is 0 Å². The summed E-state index contributed by atoms with van der Waals surface area (Å²) >= 11 is 5.78. The molecule has 1 aromatic carbocycles. The Labute approximate surface area is 119 Å². The number of carbonyl (C=O) groups is 1. The summed E-state index contributed by atoms with van der Waals surface area (Å²) in [6.07, 6.45) is 3.18. The SMILES string of the molecule is CCC1(C)CCN(C(=O)c2ccc(Cl)cc2O)CC1. The lowest BCUT2D eigenvalue weighted by molar-refractivity contribution is 0.0597. The maximum absolute atomic E-state index is 12.4. The second kappa shape index (κ2) is 5.41. The van der Waals surface area contributed by atoms with E-state index in [-0.39, 0.29) is 11.7 Å². The summed E-state index contributed by atoms with van der Waals surface area (Å²) < 4.78 is 0. The van der Waals surface area contributed by atoms with Crippen molar-refractivity contribution in [3.63, 3.8) is 0 Å². The van der Waals surface area contributed by atoms with Crippen LogP contribution in [0.3, 0.4) is 0 Å². The van der Waals surface area contributed by atoms with Crippen molar-refractivity contribution in [3.05, 3.63) is 28.8 Å². The van der Waals surface area contributed by atoms with Gasteiger partial charge in [-0.1, -0.05) is 31.9 Å². The fourth-order valence-electron chi connectivity index (χ4n) is 2.46. The molecule has 104 valence electrons. The molecule has 0 bridgehead atoms. The number of likely N-dealkylation sites (tertiary alicyclic amines) is 1. The third-order valence-corrected chi connectivity index (χ3v) is 4.54. The first-order valence-corrected chi connectivity index (χ1v) is 7.11. The van der Waals surface area contributed by atoms with Gasteiger partial charge in [-0.15, -0.1) is 0 Å². The predicted molar refractivity (Wildman–Crippen MR) is 76.7 cm³/mol. The molecule has 1 aliphatic heterocycles. The van der Waals surface area contributed by atoms with E-state index >= 15 is 0 Å². The molecule has 19 heavy (non-hydrogen) atoms. The van der Waals surface area contributed by atoms with E-state index in [0.717, 1.165) is 32.4 Å². The Bertz CT molecular complexity index is 479. The van der Waals surface area contributed by atoms with Crippen molar-refractivity contribution < 1.29 is 9.90 Å². The van der Waals surface area contributed by atoms with Crippen LogP contribution in [0.1, 0.15) is 43.5 Å². The zero-order valence-corrected chi connectivity index (χ0v) is 12.2. The number of aromatic hydroxyl groups is 1. The van der Waals surface area contributed by atoms with Gasteiger partial charge in [0.15, 0.2) is 0 Å². The highest BCUT2D eigenvalue weighted by Crippen LogP contribution is 2.35. The number of piperidine rings is 1. The van der Waals surface area contributed by atoms with Crippen molar-refractivity contribution >= 4 is 17.5 Å². The summed E-state index contributed by atoms with van der Waals surface area (Å²) in [7, 11) is 0. The van der Waals surface area contributed by atoms with Crippen LogP contribution in [0.5, 0.6) is 5.75 Å². The Balaban J connectivity index is 2.09. The molecule has 1 heterocycles. The summed E-state index contributed by atoms with van der Waals surface area (Å²) in [6, 6.07) is 4.64. The number of rotatable bonds is 2. The van der Waals surface area contributed by atoms with E-state index in [4.69, 9.17) is 11.6 Å². The Morgan fingerprint density at radius 3 is 2.58 bits per heavy atom. The van der Waals surface area contributed by atoms with Gasteiger partial charge in [0.1, 0.15) is 5.75 Å². The molecule has 0 radical (unpaired) electrons. The lowest BCUT2D eigenvalue weighted by Crippen LogP contribution is -2.41. The predicted octanol–water partition coefficient (Wildman–Crippen LogP) is 3.70. The molecule has 1 aromatic rings. The molecule has 0 aliphatic carbocycles. The van der Waals surface area contributed by atoms with E-state index in [9.17, 15) is 9.90 Å². The van der Waals surface area contributed by atoms with Crippen molar-refractivity contribution in [2.45, 2.75) is 33.1 Å². The first-order chi connectivity index (χ1) is 8.95. The van der Waals surface area contributed by atoms with Gasteiger partial charge < -0.3 is 10.0 Å². The highest BCUT2D eigenvalue weighted by Gasteiger charge is 2.31. The summed E-state index contributed by atoms with van der Waals surface area (Å²) in [5.41, 5.74) is 0.684. The minimum Gasteiger partial charge on any atom is -0.507 e. The molecule has 3 nitrogen and oxygen atoms in total. The lowest BCUT2D eigenvalue weighted by Gasteiger charge is -2.39. The molecule has 0 aromatic heterocycles. The molecule has 1 saturated heterocycles. The smallest absolute Gasteiger partial charge is 0.257 e. The van der Waals surface area contributed by atoms with Crippen LogP contribution in [0.25, 0.3) is 0 Å². The van der Waals surface area contributed by atoms with Crippen LogP contribution in [0.15, 0.2) is 18.2 Å². The average molecular weight is 282 g/mol. The first kappa shape index (κ1) is 14.2. The van der Waals surface area contributed by atoms with Gasteiger partial charge in [0.2, 0.25) is 0 Å². The minimum atomic E-state index is -0.104. The van der Waals surface area contributed by atoms with Gasteiger partial charge in [0, 0.05) is 18.1 Å². The molecule has 0 spiro atoms. The number of halogens is 1. The van der Waals surface area contributed by atoms with Gasteiger partial charge in [0.05, 0.1) is 5.56 Å². The topological polar surface area (TPSA) is 40.5 Å². The number of hydrogen-bond acceptors (Lipinski definition) is 2.